The molecule has 0 bridgehead atoms. The minimum absolute atomic E-state index is 0.0165. The predicted octanol–water partition coefficient (Wildman–Crippen LogP) is 4.02. The highest BCUT2D eigenvalue weighted by atomic mass is 16.6. The molecule has 2 heterocycles. The van der Waals surface area contributed by atoms with Crippen molar-refractivity contribution in [3.8, 4) is 5.75 Å². The SMILES string of the molecule is CC(C)(C)OC(=O)NC(C)(C)C(=O)N[C@H](COCc1ccccc1)C(=O)N1CCCC2(CC(=O)c3ccccc3O2)C1. The Morgan fingerprint density at radius 3 is 2.43 bits per heavy atom. The molecule has 2 atom stereocenters. The summed E-state index contributed by atoms with van der Waals surface area (Å²) in [6.07, 6.45) is 0.689. The fraction of sp³-hybridized carbons (Fsp3) is 0.500. The molecule has 2 aliphatic heterocycles. The van der Waals surface area contributed by atoms with Gasteiger partial charge in [0.15, 0.2) is 5.78 Å². The van der Waals surface area contributed by atoms with Crippen LogP contribution in [0.5, 0.6) is 5.75 Å². The van der Waals surface area contributed by atoms with Crippen molar-refractivity contribution in [3.05, 3.63) is 65.7 Å². The number of alkyl carbamates (subject to hydrolysis) is 1. The first kappa shape index (κ1) is 31.0. The van der Waals surface area contributed by atoms with Gasteiger partial charge in [0.25, 0.3) is 0 Å². The van der Waals surface area contributed by atoms with Gasteiger partial charge in [0.05, 0.1) is 31.7 Å². The first-order valence-electron chi connectivity index (χ1n) is 14.3. The minimum Gasteiger partial charge on any atom is -0.484 e. The number of ketones is 1. The average Bonchev–Trinajstić information content (AvgIpc) is 2.91. The zero-order valence-electron chi connectivity index (χ0n) is 25.0. The number of piperidine rings is 1. The van der Waals surface area contributed by atoms with Crippen molar-refractivity contribution in [1.82, 2.24) is 15.5 Å². The number of benzene rings is 2. The lowest BCUT2D eigenvalue weighted by Gasteiger charge is -2.45. The Labute approximate surface area is 247 Å². The van der Waals surface area contributed by atoms with Crippen molar-refractivity contribution < 1.29 is 33.4 Å². The highest BCUT2D eigenvalue weighted by Crippen LogP contribution is 2.38. The maximum atomic E-state index is 13.9. The number of amides is 3. The van der Waals surface area contributed by atoms with Crippen LogP contribution in [0.3, 0.4) is 0 Å². The van der Waals surface area contributed by atoms with Gasteiger partial charge < -0.3 is 29.7 Å². The van der Waals surface area contributed by atoms with Crippen LogP contribution in [0.4, 0.5) is 4.79 Å². The predicted molar refractivity (Wildman–Crippen MR) is 156 cm³/mol. The molecule has 1 spiro atoms. The Morgan fingerprint density at radius 2 is 1.71 bits per heavy atom. The van der Waals surface area contributed by atoms with Crippen LogP contribution in [-0.2, 0) is 25.7 Å². The fourth-order valence-electron chi connectivity index (χ4n) is 5.18. The molecule has 10 nitrogen and oxygen atoms in total. The van der Waals surface area contributed by atoms with Gasteiger partial charge in [-0.2, -0.15) is 0 Å². The lowest BCUT2D eigenvalue weighted by atomic mass is 9.83. The van der Waals surface area contributed by atoms with Gasteiger partial charge in [-0.1, -0.05) is 42.5 Å². The number of nitrogens with one attached hydrogen (secondary N) is 2. The van der Waals surface area contributed by atoms with Crippen LogP contribution in [-0.4, -0.2) is 71.1 Å². The third-order valence-corrected chi connectivity index (χ3v) is 7.23. The van der Waals surface area contributed by atoms with E-state index in [1.807, 2.05) is 36.4 Å². The number of para-hydroxylation sites is 1. The molecular formula is C32H41N3O7. The van der Waals surface area contributed by atoms with Gasteiger partial charge in [-0.15, -0.1) is 0 Å². The van der Waals surface area contributed by atoms with Gasteiger partial charge in [0, 0.05) is 6.54 Å². The first-order valence-corrected chi connectivity index (χ1v) is 14.3. The number of rotatable bonds is 8. The van der Waals surface area contributed by atoms with Gasteiger partial charge in [0.2, 0.25) is 11.8 Å². The molecule has 4 rings (SSSR count). The van der Waals surface area contributed by atoms with E-state index in [-0.39, 0.29) is 37.9 Å². The fourth-order valence-corrected chi connectivity index (χ4v) is 5.18. The summed E-state index contributed by atoms with van der Waals surface area (Å²) in [5.41, 5.74) is -1.49. The number of Topliss-reactive ketones (excluding diaryl/α,β-unsaturated/α-hetero) is 1. The largest absolute Gasteiger partial charge is 0.484 e. The van der Waals surface area contributed by atoms with E-state index in [1.54, 1.807) is 43.9 Å². The molecule has 1 fully saturated rings. The highest BCUT2D eigenvalue weighted by molar-refractivity contribution is 6.00. The molecule has 2 aliphatic rings. The lowest BCUT2D eigenvalue weighted by molar-refractivity contribution is -0.144. The maximum Gasteiger partial charge on any atom is 0.408 e. The number of ether oxygens (including phenoxy) is 3. The minimum atomic E-state index is -1.38. The number of carbonyl (C=O) groups is 4. The molecule has 0 aromatic heterocycles. The van der Waals surface area contributed by atoms with E-state index in [0.29, 0.717) is 30.7 Å². The molecule has 0 saturated carbocycles. The van der Waals surface area contributed by atoms with E-state index < -0.39 is 34.8 Å². The van der Waals surface area contributed by atoms with Gasteiger partial charge in [-0.3, -0.25) is 14.4 Å². The van der Waals surface area contributed by atoms with E-state index in [4.69, 9.17) is 14.2 Å². The molecule has 10 heteroatoms. The molecule has 2 aromatic carbocycles. The number of hydrogen-bond donors (Lipinski definition) is 2. The van der Waals surface area contributed by atoms with Crippen molar-refractivity contribution in [2.75, 3.05) is 19.7 Å². The molecule has 2 N–H and O–H groups in total. The van der Waals surface area contributed by atoms with Crippen molar-refractivity contribution in [2.45, 2.75) is 83.3 Å². The molecule has 0 aliphatic carbocycles. The van der Waals surface area contributed by atoms with Crippen LogP contribution in [0.25, 0.3) is 0 Å². The summed E-state index contributed by atoms with van der Waals surface area (Å²) in [4.78, 5) is 54.4. The summed E-state index contributed by atoms with van der Waals surface area (Å²) in [6, 6.07) is 15.6. The normalized spacial score (nSPS) is 19.4. The van der Waals surface area contributed by atoms with Crippen LogP contribution >= 0.6 is 0 Å². The van der Waals surface area contributed by atoms with Crippen LogP contribution in [0.2, 0.25) is 0 Å². The van der Waals surface area contributed by atoms with E-state index in [9.17, 15) is 19.2 Å². The number of hydrogen-bond acceptors (Lipinski definition) is 7. The van der Waals surface area contributed by atoms with Crippen LogP contribution in [0, 0.1) is 0 Å². The molecule has 3 amide bonds. The number of fused-ring (bicyclic) bond motifs is 1. The standard InChI is InChI=1S/C32H41N3O7/c1-30(2,3)42-29(39)34-31(4,5)28(38)33-24(20-40-19-22-12-7-6-8-13-22)27(37)35-17-11-16-32(21-35)18-25(36)23-14-9-10-15-26(23)41-32/h6-10,12-15,24H,11,16-21H2,1-5H3,(H,33,38)(H,34,39)/t24-,32?/m1/s1. The topological polar surface area (TPSA) is 123 Å². The third-order valence-electron chi connectivity index (χ3n) is 7.23. The summed E-state index contributed by atoms with van der Waals surface area (Å²) >= 11 is 0. The van der Waals surface area contributed by atoms with Crippen LogP contribution in [0.1, 0.15) is 69.8 Å². The number of likely N-dealkylation sites (tertiary alicyclic amines) is 1. The Kier molecular flexibility index (Phi) is 9.25. The number of nitrogens with zero attached hydrogens (tertiary/aromatic N) is 1. The van der Waals surface area contributed by atoms with Crippen molar-refractivity contribution >= 4 is 23.7 Å². The monoisotopic (exact) mass is 579 g/mol. The first-order chi connectivity index (χ1) is 19.8. The lowest BCUT2D eigenvalue weighted by Crippen LogP contribution is -2.63. The van der Waals surface area contributed by atoms with Gasteiger partial charge in [0.1, 0.15) is 28.5 Å². The second-order valence-electron chi connectivity index (χ2n) is 12.5. The third kappa shape index (κ3) is 7.88. The van der Waals surface area contributed by atoms with E-state index in [1.165, 1.54) is 13.8 Å². The molecule has 1 saturated heterocycles. The van der Waals surface area contributed by atoms with E-state index in [0.717, 1.165) is 5.56 Å². The van der Waals surface area contributed by atoms with E-state index >= 15 is 0 Å². The van der Waals surface area contributed by atoms with Crippen LogP contribution < -0.4 is 15.4 Å². The summed E-state index contributed by atoms with van der Waals surface area (Å²) in [6.45, 7) is 9.07. The quantitative estimate of drug-likeness (QED) is 0.484. The molecule has 0 radical (unpaired) electrons. The summed E-state index contributed by atoms with van der Waals surface area (Å²) in [7, 11) is 0. The van der Waals surface area contributed by atoms with Crippen molar-refractivity contribution in [1.29, 1.82) is 0 Å². The Hall–Kier alpha value is -3.92. The van der Waals surface area contributed by atoms with Crippen LogP contribution in [0.15, 0.2) is 54.6 Å². The molecule has 2 aromatic rings. The molecule has 1 unspecified atom stereocenters. The zero-order valence-corrected chi connectivity index (χ0v) is 25.0. The Balaban J connectivity index is 1.49. The maximum absolute atomic E-state index is 13.9. The zero-order chi connectivity index (χ0) is 30.5. The van der Waals surface area contributed by atoms with Crippen molar-refractivity contribution in [2.24, 2.45) is 0 Å². The van der Waals surface area contributed by atoms with Crippen molar-refractivity contribution in [3.63, 3.8) is 0 Å². The average molecular weight is 580 g/mol. The van der Waals surface area contributed by atoms with Gasteiger partial charge in [-0.25, -0.2) is 4.79 Å². The summed E-state index contributed by atoms with van der Waals surface area (Å²) < 4.78 is 17.6. The van der Waals surface area contributed by atoms with E-state index in [2.05, 4.69) is 10.6 Å². The Bertz CT molecular complexity index is 1300. The van der Waals surface area contributed by atoms with Gasteiger partial charge in [-0.05, 0) is 65.2 Å². The number of carbonyl (C=O) groups excluding carboxylic acids is 4. The Morgan fingerprint density at radius 1 is 1.02 bits per heavy atom. The molecule has 226 valence electrons. The van der Waals surface area contributed by atoms with Gasteiger partial charge >= 0.3 is 6.09 Å². The highest BCUT2D eigenvalue weighted by Gasteiger charge is 2.46. The second kappa shape index (κ2) is 12.5. The molecular weight excluding hydrogens is 538 g/mol. The molecule has 42 heavy (non-hydrogen) atoms. The summed E-state index contributed by atoms with van der Waals surface area (Å²) in [5.74, 6) is -0.413. The smallest absolute Gasteiger partial charge is 0.408 e. The summed E-state index contributed by atoms with van der Waals surface area (Å²) in [5, 5.41) is 5.37. The second-order valence-corrected chi connectivity index (χ2v) is 12.5.